The summed E-state index contributed by atoms with van der Waals surface area (Å²) in [5.74, 6) is -0.836. The Morgan fingerprint density at radius 1 is 1.22 bits per heavy atom. The summed E-state index contributed by atoms with van der Waals surface area (Å²) in [7, 11) is 0. The minimum Gasteiger partial charge on any atom is -0.326 e. The Morgan fingerprint density at radius 2 is 1.89 bits per heavy atom. The zero-order valence-electron chi connectivity index (χ0n) is 14.5. The molecule has 1 heterocycles. The van der Waals surface area contributed by atoms with Crippen LogP contribution in [0.1, 0.15) is 13.3 Å². The van der Waals surface area contributed by atoms with Gasteiger partial charge in [0.25, 0.3) is 0 Å². The fraction of sp³-hybridized carbons (Fsp3) is 0.211. The number of hydrogen-bond acceptors (Lipinski definition) is 4. The monoisotopic (exact) mass is 405 g/mol. The molecule has 1 aliphatic heterocycles. The van der Waals surface area contributed by atoms with Crippen LogP contribution in [-0.2, 0) is 9.59 Å². The lowest BCUT2D eigenvalue weighted by Gasteiger charge is -2.13. The van der Waals surface area contributed by atoms with Crippen molar-refractivity contribution in [1.82, 2.24) is 4.90 Å². The largest absolute Gasteiger partial charge is 0.326 e. The summed E-state index contributed by atoms with van der Waals surface area (Å²) in [6.07, 6.45) is 0.0109. The molecule has 1 atom stereocenters. The SMILES string of the molecule is CCN1C(=O)[C@@H](CC(=O)Nc2ccc(F)cc2)SC1=Nc1ccc(Cl)cc1. The third-order valence-electron chi connectivity index (χ3n) is 3.89. The molecule has 0 aliphatic carbocycles. The number of amidine groups is 1. The first-order chi connectivity index (χ1) is 13.0. The molecule has 0 spiro atoms. The maximum Gasteiger partial charge on any atom is 0.242 e. The summed E-state index contributed by atoms with van der Waals surface area (Å²) in [6.45, 7) is 2.32. The van der Waals surface area contributed by atoms with Crippen molar-refractivity contribution < 1.29 is 14.0 Å². The van der Waals surface area contributed by atoms with Crippen LogP contribution in [0.5, 0.6) is 0 Å². The number of halogens is 2. The molecule has 0 bridgehead atoms. The minimum atomic E-state index is -0.545. The fourth-order valence-electron chi connectivity index (χ4n) is 2.56. The normalized spacial score (nSPS) is 18.2. The summed E-state index contributed by atoms with van der Waals surface area (Å²) < 4.78 is 12.9. The first-order valence-electron chi connectivity index (χ1n) is 8.34. The van der Waals surface area contributed by atoms with Crippen molar-refractivity contribution in [3.8, 4) is 0 Å². The molecule has 27 heavy (non-hydrogen) atoms. The predicted molar refractivity (Wildman–Crippen MR) is 107 cm³/mol. The minimum absolute atomic E-state index is 0.0109. The molecular formula is C19H17ClFN3O2S. The predicted octanol–water partition coefficient (Wildman–Crippen LogP) is 4.46. The zero-order chi connectivity index (χ0) is 19.4. The lowest BCUT2D eigenvalue weighted by atomic mass is 10.2. The maximum atomic E-state index is 12.9. The lowest BCUT2D eigenvalue weighted by molar-refractivity contribution is -0.128. The highest BCUT2D eigenvalue weighted by Gasteiger charge is 2.38. The van der Waals surface area contributed by atoms with Gasteiger partial charge < -0.3 is 5.32 Å². The van der Waals surface area contributed by atoms with Crippen LogP contribution >= 0.6 is 23.4 Å². The van der Waals surface area contributed by atoms with Crippen molar-refractivity contribution >= 4 is 51.7 Å². The van der Waals surface area contributed by atoms with Crippen molar-refractivity contribution in [3.63, 3.8) is 0 Å². The summed E-state index contributed by atoms with van der Waals surface area (Å²) in [5, 5.41) is 3.30. The standard InChI is InChI=1S/C19H17ClFN3O2S/c1-2-24-18(26)16(11-17(25)22-14-9-5-13(21)6-10-14)27-19(24)23-15-7-3-12(20)4-8-15/h3-10,16H,2,11H2,1H3,(H,22,25)/t16-/m1/s1. The highest BCUT2D eigenvalue weighted by molar-refractivity contribution is 8.15. The molecule has 3 rings (SSSR count). The van der Waals surface area contributed by atoms with Gasteiger partial charge in [-0.2, -0.15) is 0 Å². The second kappa shape index (κ2) is 8.54. The Bertz CT molecular complexity index is 872. The van der Waals surface area contributed by atoms with Crippen LogP contribution in [-0.4, -0.2) is 33.7 Å². The Balaban J connectivity index is 1.69. The van der Waals surface area contributed by atoms with Crippen LogP contribution in [0.2, 0.25) is 5.02 Å². The zero-order valence-corrected chi connectivity index (χ0v) is 16.1. The third-order valence-corrected chi connectivity index (χ3v) is 5.31. The lowest BCUT2D eigenvalue weighted by Crippen LogP contribution is -2.33. The van der Waals surface area contributed by atoms with Crippen LogP contribution in [0.4, 0.5) is 15.8 Å². The van der Waals surface area contributed by atoms with E-state index in [4.69, 9.17) is 11.6 Å². The number of rotatable bonds is 5. The van der Waals surface area contributed by atoms with E-state index in [1.54, 1.807) is 29.2 Å². The number of benzene rings is 2. The maximum absolute atomic E-state index is 12.9. The highest BCUT2D eigenvalue weighted by atomic mass is 35.5. The molecule has 0 unspecified atom stereocenters. The second-order valence-electron chi connectivity index (χ2n) is 5.82. The van der Waals surface area contributed by atoms with Crippen molar-refractivity contribution in [3.05, 3.63) is 59.4 Å². The molecule has 2 aromatic carbocycles. The Morgan fingerprint density at radius 3 is 2.52 bits per heavy atom. The Labute approximate surface area is 165 Å². The van der Waals surface area contributed by atoms with Gasteiger partial charge in [0.15, 0.2) is 5.17 Å². The molecule has 8 heteroatoms. The van der Waals surface area contributed by atoms with Crippen molar-refractivity contribution in [2.24, 2.45) is 4.99 Å². The van der Waals surface area contributed by atoms with Gasteiger partial charge in [-0.1, -0.05) is 23.4 Å². The molecule has 5 nitrogen and oxygen atoms in total. The number of amides is 2. The summed E-state index contributed by atoms with van der Waals surface area (Å²) in [4.78, 5) is 30.9. The molecule has 0 radical (unpaired) electrons. The highest BCUT2D eigenvalue weighted by Crippen LogP contribution is 2.32. The molecule has 1 N–H and O–H groups in total. The second-order valence-corrected chi connectivity index (χ2v) is 7.43. The number of aliphatic imine (C=N–C) groups is 1. The molecule has 1 fully saturated rings. The molecule has 2 amide bonds. The Kier molecular flexibility index (Phi) is 6.13. The van der Waals surface area contributed by atoms with E-state index in [-0.39, 0.29) is 24.1 Å². The number of hydrogen-bond donors (Lipinski definition) is 1. The summed E-state index contributed by atoms with van der Waals surface area (Å²) in [6, 6.07) is 12.5. The number of nitrogens with zero attached hydrogens (tertiary/aromatic N) is 2. The van der Waals surface area contributed by atoms with Crippen LogP contribution in [0.25, 0.3) is 0 Å². The summed E-state index contributed by atoms with van der Waals surface area (Å²) >= 11 is 7.14. The number of nitrogens with one attached hydrogen (secondary N) is 1. The molecule has 1 aliphatic rings. The van der Waals surface area contributed by atoms with Gasteiger partial charge in [-0.25, -0.2) is 9.38 Å². The molecule has 140 valence electrons. The molecule has 0 saturated carbocycles. The average Bonchev–Trinajstić information content (AvgIpc) is 2.93. The molecular weight excluding hydrogens is 389 g/mol. The smallest absolute Gasteiger partial charge is 0.242 e. The van der Waals surface area contributed by atoms with E-state index >= 15 is 0 Å². The summed E-state index contributed by atoms with van der Waals surface area (Å²) in [5.41, 5.74) is 1.17. The first-order valence-corrected chi connectivity index (χ1v) is 9.59. The fourth-order valence-corrected chi connectivity index (χ4v) is 3.90. The van der Waals surface area contributed by atoms with Gasteiger partial charge in [-0.3, -0.25) is 14.5 Å². The number of carbonyl (C=O) groups is 2. The Hall–Kier alpha value is -2.38. The van der Waals surface area contributed by atoms with Crippen LogP contribution < -0.4 is 5.32 Å². The number of thioether (sulfide) groups is 1. The van der Waals surface area contributed by atoms with Crippen molar-refractivity contribution in [2.45, 2.75) is 18.6 Å². The van der Waals surface area contributed by atoms with Gasteiger partial charge in [-0.05, 0) is 55.5 Å². The average molecular weight is 406 g/mol. The molecule has 1 saturated heterocycles. The van der Waals surface area contributed by atoms with Crippen LogP contribution in [0.3, 0.4) is 0 Å². The van der Waals surface area contributed by atoms with Gasteiger partial charge in [0, 0.05) is 23.7 Å². The topological polar surface area (TPSA) is 61.8 Å². The number of carbonyl (C=O) groups excluding carboxylic acids is 2. The van der Waals surface area contributed by atoms with Gasteiger partial charge >= 0.3 is 0 Å². The van der Waals surface area contributed by atoms with Crippen LogP contribution in [0, 0.1) is 5.82 Å². The van der Waals surface area contributed by atoms with Gasteiger partial charge in [0.2, 0.25) is 11.8 Å². The van der Waals surface area contributed by atoms with E-state index in [0.29, 0.717) is 28.1 Å². The van der Waals surface area contributed by atoms with Gasteiger partial charge in [0.05, 0.1) is 5.69 Å². The quantitative estimate of drug-likeness (QED) is 0.798. The molecule has 0 aromatic heterocycles. The van der Waals surface area contributed by atoms with E-state index in [0.717, 1.165) is 0 Å². The van der Waals surface area contributed by atoms with Gasteiger partial charge in [0.1, 0.15) is 11.1 Å². The van der Waals surface area contributed by atoms with E-state index < -0.39 is 5.25 Å². The van der Waals surface area contributed by atoms with E-state index in [9.17, 15) is 14.0 Å². The van der Waals surface area contributed by atoms with E-state index in [2.05, 4.69) is 10.3 Å². The van der Waals surface area contributed by atoms with E-state index in [1.165, 1.54) is 36.0 Å². The van der Waals surface area contributed by atoms with Crippen LogP contribution in [0.15, 0.2) is 53.5 Å². The van der Waals surface area contributed by atoms with Crippen molar-refractivity contribution in [2.75, 3.05) is 11.9 Å². The number of anilines is 1. The molecule has 2 aromatic rings. The van der Waals surface area contributed by atoms with E-state index in [1.807, 2.05) is 6.92 Å². The third kappa shape index (κ3) is 4.87. The first kappa shape index (κ1) is 19.4. The van der Waals surface area contributed by atoms with Gasteiger partial charge in [-0.15, -0.1) is 0 Å². The van der Waals surface area contributed by atoms with Crippen molar-refractivity contribution in [1.29, 1.82) is 0 Å².